The van der Waals surface area contributed by atoms with Gasteiger partial charge in [-0.1, -0.05) is 22.0 Å². The first-order valence-electron chi connectivity index (χ1n) is 10.0. The number of nitrogens with zero attached hydrogens (tertiary/aromatic N) is 2. The highest BCUT2D eigenvalue weighted by Crippen LogP contribution is 2.37. The highest BCUT2D eigenvalue weighted by molar-refractivity contribution is 9.10. The van der Waals surface area contributed by atoms with Gasteiger partial charge in [-0.3, -0.25) is 0 Å². The standard InChI is InChI=1S/C23H14BrF6N5S/c24-14-2-1-3-15(9-14)33-20-18-10-16(4-5-19(18)31-11-32-20)34-21(36)35-17-7-12(22(25,26)27)6-13(8-17)23(28,29)30/h1-11H,(H,31,32,33)(H2,34,35,36). The zero-order valence-electron chi connectivity index (χ0n) is 17.8. The Morgan fingerprint density at radius 1 is 0.750 bits per heavy atom. The number of alkyl halides is 6. The van der Waals surface area contributed by atoms with E-state index in [1.165, 1.54) is 6.33 Å². The number of halogens is 7. The van der Waals surface area contributed by atoms with Crippen LogP contribution < -0.4 is 16.0 Å². The number of fused-ring (bicyclic) bond motifs is 1. The van der Waals surface area contributed by atoms with Gasteiger partial charge >= 0.3 is 12.4 Å². The molecule has 5 nitrogen and oxygen atoms in total. The van der Waals surface area contributed by atoms with Crippen molar-refractivity contribution < 1.29 is 26.3 Å². The van der Waals surface area contributed by atoms with Gasteiger partial charge in [0.05, 0.1) is 16.6 Å². The third kappa shape index (κ3) is 6.21. The number of anilines is 4. The first kappa shape index (κ1) is 25.6. The van der Waals surface area contributed by atoms with Crippen molar-refractivity contribution in [3.05, 3.63) is 82.6 Å². The monoisotopic (exact) mass is 585 g/mol. The Morgan fingerprint density at radius 2 is 1.42 bits per heavy atom. The zero-order valence-corrected chi connectivity index (χ0v) is 20.2. The summed E-state index contributed by atoms with van der Waals surface area (Å²) >= 11 is 8.52. The lowest BCUT2D eigenvalue weighted by Crippen LogP contribution is -2.20. The molecule has 4 aromatic rings. The van der Waals surface area contributed by atoms with E-state index in [1.54, 1.807) is 18.2 Å². The Morgan fingerprint density at radius 3 is 2.06 bits per heavy atom. The Labute approximate surface area is 214 Å². The molecule has 186 valence electrons. The minimum Gasteiger partial charge on any atom is -0.340 e. The van der Waals surface area contributed by atoms with Crippen LogP contribution in [0.2, 0.25) is 0 Å². The van der Waals surface area contributed by atoms with Gasteiger partial charge in [0.1, 0.15) is 12.1 Å². The summed E-state index contributed by atoms with van der Waals surface area (Å²) < 4.78 is 79.6. The Balaban J connectivity index is 1.58. The molecule has 3 aromatic carbocycles. The average molecular weight is 586 g/mol. The van der Waals surface area contributed by atoms with Crippen LogP contribution in [0.1, 0.15) is 11.1 Å². The first-order chi connectivity index (χ1) is 16.9. The summed E-state index contributed by atoms with van der Waals surface area (Å²) in [5.74, 6) is 0.480. The van der Waals surface area contributed by atoms with Crippen molar-refractivity contribution in [3.63, 3.8) is 0 Å². The SMILES string of the molecule is FC(F)(F)c1cc(NC(=S)Nc2ccc3ncnc(Nc4cccc(Br)c4)c3c2)cc(C(F)(F)F)c1. The molecular formula is C23H14BrF6N5S. The largest absolute Gasteiger partial charge is 0.416 e. The lowest BCUT2D eigenvalue weighted by Gasteiger charge is -2.16. The summed E-state index contributed by atoms with van der Waals surface area (Å²) in [6.45, 7) is 0. The molecule has 0 aliphatic heterocycles. The van der Waals surface area contributed by atoms with Crippen molar-refractivity contribution in [2.75, 3.05) is 16.0 Å². The van der Waals surface area contributed by atoms with Crippen molar-refractivity contribution >= 4 is 67.0 Å². The summed E-state index contributed by atoms with van der Waals surface area (Å²) in [4.78, 5) is 8.46. The van der Waals surface area contributed by atoms with Gasteiger partial charge in [0.25, 0.3) is 0 Å². The summed E-state index contributed by atoms with van der Waals surface area (Å²) in [6.07, 6.45) is -8.56. The second-order valence-corrected chi connectivity index (χ2v) is 8.79. The second-order valence-electron chi connectivity index (χ2n) is 7.46. The summed E-state index contributed by atoms with van der Waals surface area (Å²) in [5.41, 5.74) is -1.60. The van der Waals surface area contributed by atoms with E-state index in [1.807, 2.05) is 24.3 Å². The Kier molecular flexibility index (Phi) is 7.05. The quantitative estimate of drug-likeness (QED) is 0.167. The molecule has 0 fully saturated rings. The van der Waals surface area contributed by atoms with Gasteiger partial charge in [-0.25, -0.2) is 9.97 Å². The number of thiocarbonyl (C=S) groups is 1. The molecule has 0 saturated heterocycles. The van der Waals surface area contributed by atoms with Crippen LogP contribution in [-0.4, -0.2) is 15.1 Å². The van der Waals surface area contributed by atoms with E-state index in [2.05, 4.69) is 41.8 Å². The molecule has 0 aliphatic rings. The fourth-order valence-corrected chi connectivity index (χ4v) is 3.89. The summed E-state index contributed by atoms with van der Waals surface area (Å²) in [5, 5.41) is 8.73. The number of aromatic nitrogens is 2. The highest BCUT2D eigenvalue weighted by atomic mass is 79.9. The molecule has 0 bridgehead atoms. The maximum absolute atomic E-state index is 13.1. The highest BCUT2D eigenvalue weighted by Gasteiger charge is 2.37. The minimum atomic E-state index is -4.97. The maximum Gasteiger partial charge on any atom is 0.416 e. The van der Waals surface area contributed by atoms with Crippen LogP contribution in [0.25, 0.3) is 10.9 Å². The second kappa shape index (κ2) is 9.90. The predicted molar refractivity (Wildman–Crippen MR) is 133 cm³/mol. The van der Waals surface area contributed by atoms with Gasteiger partial charge < -0.3 is 16.0 Å². The van der Waals surface area contributed by atoms with Gasteiger partial charge in [-0.2, -0.15) is 26.3 Å². The third-order valence-corrected chi connectivity index (χ3v) is 5.52. The number of hydrogen-bond acceptors (Lipinski definition) is 4. The van der Waals surface area contributed by atoms with Gasteiger partial charge in [0.2, 0.25) is 0 Å². The molecule has 0 unspecified atom stereocenters. The van der Waals surface area contributed by atoms with Gasteiger partial charge in [0, 0.05) is 26.9 Å². The molecule has 3 N–H and O–H groups in total. The minimum absolute atomic E-state index is 0.0464. The van der Waals surface area contributed by atoms with E-state index in [0.717, 1.165) is 10.2 Å². The van der Waals surface area contributed by atoms with Crippen LogP contribution >= 0.6 is 28.1 Å². The van der Waals surface area contributed by atoms with E-state index in [4.69, 9.17) is 12.2 Å². The fourth-order valence-electron chi connectivity index (χ4n) is 3.26. The van der Waals surface area contributed by atoms with E-state index < -0.39 is 29.2 Å². The molecule has 1 aromatic heterocycles. The van der Waals surface area contributed by atoms with Crippen LogP contribution in [-0.2, 0) is 12.4 Å². The van der Waals surface area contributed by atoms with E-state index in [9.17, 15) is 26.3 Å². The maximum atomic E-state index is 13.1. The summed E-state index contributed by atoms with van der Waals surface area (Å²) in [7, 11) is 0. The smallest absolute Gasteiger partial charge is 0.340 e. The van der Waals surface area contributed by atoms with Gasteiger partial charge in [0.15, 0.2) is 5.11 Å². The Bertz CT molecular complexity index is 1410. The molecule has 1 heterocycles. The molecule has 4 rings (SSSR count). The first-order valence-corrected chi connectivity index (χ1v) is 11.2. The Hall–Kier alpha value is -3.45. The predicted octanol–water partition coefficient (Wildman–Crippen LogP) is 7.98. The molecule has 36 heavy (non-hydrogen) atoms. The summed E-state index contributed by atoms with van der Waals surface area (Å²) in [6, 6.07) is 13.5. The van der Waals surface area contributed by atoms with Crippen LogP contribution in [0.4, 0.5) is 49.2 Å². The molecule has 0 radical (unpaired) electrons. The fraction of sp³-hybridized carbons (Fsp3) is 0.0870. The molecule has 13 heteroatoms. The van der Waals surface area contributed by atoms with Crippen molar-refractivity contribution in [3.8, 4) is 0 Å². The molecular weight excluding hydrogens is 572 g/mol. The number of hydrogen-bond donors (Lipinski definition) is 3. The van der Waals surface area contributed by atoms with E-state index >= 15 is 0 Å². The molecule has 0 spiro atoms. The number of rotatable bonds is 4. The molecule has 0 amide bonds. The van der Waals surface area contributed by atoms with Crippen LogP contribution in [0.5, 0.6) is 0 Å². The van der Waals surface area contributed by atoms with E-state index in [0.29, 0.717) is 34.5 Å². The van der Waals surface area contributed by atoms with Crippen LogP contribution in [0.3, 0.4) is 0 Å². The number of nitrogens with one attached hydrogen (secondary N) is 3. The molecule has 0 aliphatic carbocycles. The topological polar surface area (TPSA) is 61.9 Å². The van der Waals surface area contributed by atoms with E-state index in [-0.39, 0.29) is 11.2 Å². The van der Waals surface area contributed by atoms with Crippen molar-refractivity contribution in [2.24, 2.45) is 0 Å². The molecule has 0 saturated carbocycles. The van der Waals surface area contributed by atoms with Crippen molar-refractivity contribution in [1.82, 2.24) is 9.97 Å². The lowest BCUT2D eigenvalue weighted by molar-refractivity contribution is -0.143. The zero-order chi connectivity index (χ0) is 26.1. The van der Waals surface area contributed by atoms with Crippen molar-refractivity contribution in [1.29, 1.82) is 0 Å². The number of benzene rings is 3. The van der Waals surface area contributed by atoms with Crippen LogP contribution in [0.15, 0.2) is 71.5 Å². The van der Waals surface area contributed by atoms with Gasteiger partial charge in [-0.15, -0.1) is 0 Å². The molecule has 0 atom stereocenters. The van der Waals surface area contributed by atoms with Gasteiger partial charge in [-0.05, 0) is 66.8 Å². The third-order valence-electron chi connectivity index (χ3n) is 4.83. The lowest BCUT2D eigenvalue weighted by atomic mass is 10.1. The van der Waals surface area contributed by atoms with Crippen LogP contribution in [0, 0.1) is 0 Å². The average Bonchev–Trinajstić information content (AvgIpc) is 2.78. The normalized spacial score (nSPS) is 11.9. The van der Waals surface area contributed by atoms with Crippen molar-refractivity contribution in [2.45, 2.75) is 12.4 Å².